The van der Waals surface area contributed by atoms with Gasteiger partial charge in [-0.3, -0.25) is 0 Å². The van der Waals surface area contributed by atoms with Gasteiger partial charge in [-0.2, -0.15) is 0 Å². The largest absolute Gasteiger partial charge is 0.369 e. The van der Waals surface area contributed by atoms with E-state index >= 15 is 0 Å². The molecule has 0 heterocycles. The lowest BCUT2D eigenvalue weighted by Crippen LogP contribution is -2.36. The molecule has 0 spiro atoms. The van der Waals surface area contributed by atoms with E-state index in [1.807, 2.05) is 6.07 Å². The molecule has 0 unspecified atom stereocenters. The van der Waals surface area contributed by atoms with Crippen LogP contribution in [-0.4, -0.2) is 18.6 Å². The van der Waals surface area contributed by atoms with Crippen molar-refractivity contribution in [3.63, 3.8) is 0 Å². The van der Waals surface area contributed by atoms with Crippen LogP contribution in [0, 0.1) is 5.82 Å². The molecular formula is C17H29FN2. The first-order chi connectivity index (χ1) is 9.39. The van der Waals surface area contributed by atoms with E-state index in [4.69, 9.17) is 0 Å². The molecule has 3 heteroatoms. The molecule has 0 aliphatic carbocycles. The Morgan fingerprint density at radius 2 is 1.70 bits per heavy atom. The summed E-state index contributed by atoms with van der Waals surface area (Å²) in [7, 11) is 0. The molecule has 1 N–H and O–H groups in total. The molecule has 0 saturated heterocycles. The smallest absolute Gasteiger partial charge is 0.146 e. The molecule has 20 heavy (non-hydrogen) atoms. The van der Waals surface area contributed by atoms with Gasteiger partial charge in [-0.1, -0.05) is 26.0 Å². The van der Waals surface area contributed by atoms with Crippen LogP contribution in [0.4, 0.5) is 10.1 Å². The second kappa shape index (κ2) is 7.63. The van der Waals surface area contributed by atoms with E-state index in [0.717, 1.165) is 37.2 Å². The Morgan fingerprint density at radius 1 is 1.10 bits per heavy atom. The molecule has 0 saturated carbocycles. The Labute approximate surface area is 123 Å². The normalized spacial score (nSPS) is 11.7. The molecule has 1 rings (SSSR count). The van der Waals surface area contributed by atoms with Gasteiger partial charge in [0, 0.05) is 25.2 Å². The fourth-order valence-corrected chi connectivity index (χ4v) is 2.29. The third kappa shape index (κ3) is 5.12. The van der Waals surface area contributed by atoms with Gasteiger partial charge < -0.3 is 10.2 Å². The van der Waals surface area contributed by atoms with E-state index in [9.17, 15) is 4.39 Å². The fraction of sp³-hybridized carbons (Fsp3) is 0.647. The van der Waals surface area contributed by atoms with E-state index in [1.54, 1.807) is 12.1 Å². The molecular weight excluding hydrogens is 251 g/mol. The molecule has 0 radical (unpaired) electrons. The zero-order chi connectivity index (χ0) is 15.2. The lowest BCUT2D eigenvalue weighted by atomic mass is 10.1. The maximum atomic E-state index is 14.3. The SMILES string of the molecule is CCCN(CCC)c1c(F)cccc1CNC(C)(C)C. The molecule has 0 bridgehead atoms. The number of benzene rings is 1. The molecule has 114 valence electrons. The van der Waals surface area contributed by atoms with Crippen LogP contribution in [0.1, 0.15) is 53.0 Å². The number of nitrogens with zero attached hydrogens (tertiary/aromatic N) is 1. The fourth-order valence-electron chi connectivity index (χ4n) is 2.29. The van der Waals surface area contributed by atoms with Crippen molar-refractivity contribution in [1.29, 1.82) is 0 Å². The van der Waals surface area contributed by atoms with Crippen LogP contribution in [-0.2, 0) is 6.54 Å². The van der Waals surface area contributed by atoms with Crippen molar-refractivity contribution in [2.45, 2.75) is 59.5 Å². The Hall–Kier alpha value is -1.09. The van der Waals surface area contributed by atoms with Crippen molar-refractivity contribution in [2.75, 3.05) is 18.0 Å². The molecule has 0 aliphatic rings. The number of nitrogens with one attached hydrogen (secondary N) is 1. The Morgan fingerprint density at radius 3 is 2.20 bits per heavy atom. The molecule has 0 atom stereocenters. The molecule has 0 amide bonds. The average Bonchev–Trinajstić information content (AvgIpc) is 2.35. The van der Waals surface area contributed by atoms with Crippen molar-refractivity contribution >= 4 is 5.69 Å². The summed E-state index contributed by atoms with van der Waals surface area (Å²) >= 11 is 0. The maximum absolute atomic E-state index is 14.3. The van der Waals surface area contributed by atoms with Crippen LogP contribution in [0.5, 0.6) is 0 Å². The van der Waals surface area contributed by atoms with Gasteiger partial charge in [-0.25, -0.2) is 4.39 Å². The summed E-state index contributed by atoms with van der Waals surface area (Å²) in [6.07, 6.45) is 2.06. The number of hydrogen-bond donors (Lipinski definition) is 1. The van der Waals surface area contributed by atoms with Crippen molar-refractivity contribution in [2.24, 2.45) is 0 Å². The zero-order valence-electron chi connectivity index (χ0n) is 13.6. The first kappa shape index (κ1) is 17.0. The summed E-state index contributed by atoms with van der Waals surface area (Å²) in [6.45, 7) is 13.1. The zero-order valence-corrected chi connectivity index (χ0v) is 13.6. The number of anilines is 1. The minimum atomic E-state index is -0.111. The van der Waals surface area contributed by atoms with Gasteiger partial charge >= 0.3 is 0 Å². The third-order valence-corrected chi connectivity index (χ3v) is 3.18. The van der Waals surface area contributed by atoms with E-state index in [-0.39, 0.29) is 11.4 Å². The highest BCUT2D eigenvalue weighted by Crippen LogP contribution is 2.25. The Bertz CT molecular complexity index is 404. The molecule has 1 aromatic rings. The number of para-hydroxylation sites is 1. The number of hydrogen-bond acceptors (Lipinski definition) is 2. The van der Waals surface area contributed by atoms with Crippen LogP contribution in [0.15, 0.2) is 18.2 Å². The highest BCUT2D eigenvalue weighted by atomic mass is 19.1. The van der Waals surface area contributed by atoms with Gasteiger partial charge in [0.1, 0.15) is 5.82 Å². The minimum absolute atomic E-state index is 0.0317. The molecule has 1 aromatic carbocycles. The standard InChI is InChI=1S/C17H29FN2/c1-6-11-20(12-7-2)16-14(9-8-10-15(16)18)13-19-17(3,4)5/h8-10,19H,6-7,11-13H2,1-5H3. The van der Waals surface area contributed by atoms with E-state index in [2.05, 4.69) is 44.8 Å². The summed E-state index contributed by atoms with van der Waals surface area (Å²) in [5.41, 5.74) is 1.85. The summed E-state index contributed by atoms with van der Waals surface area (Å²) < 4.78 is 14.3. The number of rotatable bonds is 7. The van der Waals surface area contributed by atoms with Crippen molar-refractivity contribution in [3.05, 3.63) is 29.6 Å². The number of halogens is 1. The Balaban J connectivity index is 3.02. The summed E-state index contributed by atoms with van der Waals surface area (Å²) in [5.74, 6) is -0.111. The van der Waals surface area contributed by atoms with Crippen molar-refractivity contribution < 1.29 is 4.39 Å². The van der Waals surface area contributed by atoms with E-state index in [1.165, 1.54) is 0 Å². The highest BCUT2D eigenvalue weighted by Gasteiger charge is 2.17. The topological polar surface area (TPSA) is 15.3 Å². The van der Waals surface area contributed by atoms with E-state index < -0.39 is 0 Å². The van der Waals surface area contributed by atoms with Crippen molar-refractivity contribution in [3.8, 4) is 0 Å². The predicted molar refractivity (Wildman–Crippen MR) is 85.8 cm³/mol. The molecule has 0 aromatic heterocycles. The quantitative estimate of drug-likeness (QED) is 0.799. The van der Waals surface area contributed by atoms with Gasteiger partial charge in [-0.05, 0) is 45.2 Å². The van der Waals surface area contributed by atoms with Crippen LogP contribution in [0.3, 0.4) is 0 Å². The monoisotopic (exact) mass is 280 g/mol. The predicted octanol–water partition coefficient (Wildman–Crippen LogP) is 4.34. The van der Waals surface area contributed by atoms with Gasteiger partial charge in [-0.15, -0.1) is 0 Å². The van der Waals surface area contributed by atoms with Crippen LogP contribution in [0.2, 0.25) is 0 Å². The maximum Gasteiger partial charge on any atom is 0.146 e. The van der Waals surface area contributed by atoms with Crippen molar-refractivity contribution in [1.82, 2.24) is 5.32 Å². The lowest BCUT2D eigenvalue weighted by molar-refractivity contribution is 0.423. The first-order valence-electron chi connectivity index (χ1n) is 7.66. The van der Waals surface area contributed by atoms with Gasteiger partial charge in [0.2, 0.25) is 0 Å². The van der Waals surface area contributed by atoms with Crippen LogP contribution in [0.25, 0.3) is 0 Å². The van der Waals surface area contributed by atoms with Crippen LogP contribution >= 0.6 is 0 Å². The minimum Gasteiger partial charge on any atom is -0.369 e. The van der Waals surface area contributed by atoms with Gasteiger partial charge in [0.05, 0.1) is 5.69 Å². The average molecular weight is 280 g/mol. The third-order valence-electron chi connectivity index (χ3n) is 3.18. The molecule has 2 nitrogen and oxygen atoms in total. The second-order valence-corrected chi connectivity index (χ2v) is 6.34. The van der Waals surface area contributed by atoms with E-state index in [0.29, 0.717) is 6.54 Å². The Kier molecular flexibility index (Phi) is 6.47. The summed E-state index contributed by atoms with van der Waals surface area (Å²) in [6, 6.07) is 5.39. The van der Waals surface area contributed by atoms with Crippen LogP contribution < -0.4 is 10.2 Å². The molecule has 0 fully saturated rings. The van der Waals surface area contributed by atoms with Gasteiger partial charge in [0.15, 0.2) is 0 Å². The lowest BCUT2D eigenvalue weighted by Gasteiger charge is -2.28. The van der Waals surface area contributed by atoms with Gasteiger partial charge in [0.25, 0.3) is 0 Å². The first-order valence-corrected chi connectivity index (χ1v) is 7.66. The highest BCUT2D eigenvalue weighted by molar-refractivity contribution is 5.55. The second-order valence-electron chi connectivity index (χ2n) is 6.34. The molecule has 0 aliphatic heterocycles. The summed E-state index contributed by atoms with van der Waals surface area (Å²) in [5, 5.41) is 3.45. The summed E-state index contributed by atoms with van der Waals surface area (Å²) in [4.78, 5) is 2.18.